The largest absolute Gasteiger partial charge is 0.326 e. The van der Waals surface area contributed by atoms with E-state index in [1.807, 2.05) is 56.0 Å². The Labute approximate surface area is 168 Å². The zero-order valence-corrected chi connectivity index (χ0v) is 16.8. The molecule has 6 nitrogen and oxygen atoms in total. The van der Waals surface area contributed by atoms with Gasteiger partial charge in [-0.15, -0.1) is 23.7 Å². The summed E-state index contributed by atoms with van der Waals surface area (Å²) in [5.74, 6) is 0.100. The number of rotatable bonds is 4. The van der Waals surface area contributed by atoms with E-state index in [-0.39, 0.29) is 30.2 Å². The lowest BCUT2D eigenvalue weighted by Crippen LogP contribution is -2.28. The number of nitrogens with one attached hydrogen (secondary N) is 2. The van der Waals surface area contributed by atoms with Crippen molar-refractivity contribution in [1.82, 2.24) is 20.1 Å². The molecule has 4 rings (SSSR count). The second-order valence-corrected chi connectivity index (χ2v) is 7.54. The topological polar surface area (TPSA) is 71.8 Å². The second-order valence-electron chi connectivity index (χ2n) is 6.68. The number of carbonyl (C=O) groups excluding carboxylic acids is 1. The molecular weight excluding hydrogens is 382 g/mol. The number of nitrogens with zero attached hydrogens (tertiary/aromatic N) is 3. The highest BCUT2D eigenvalue weighted by atomic mass is 35.5. The lowest BCUT2D eigenvalue weighted by Gasteiger charge is -2.17. The zero-order valence-electron chi connectivity index (χ0n) is 15.2. The van der Waals surface area contributed by atoms with Crippen molar-refractivity contribution < 1.29 is 4.79 Å². The lowest BCUT2D eigenvalue weighted by atomic mass is 9.90. The molecule has 0 saturated carbocycles. The molecule has 3 heterocycles. The molecule has 142 valence electrons. The number of thiazole rings is 1. The zero-order chi connectivity index (χ0) is 18.1. The van der Waals surface area contributed by atoms with Crippen LogP contribution in [0.4, 0.5) is 5.69 Å². The van der Waals surface area contributed by atoms with E-state index in [4.69, 9.17) is 0 Å². The number of hydrogen-bond donors (Lipinski definition) is 2. The van der Waals surface area contributed by atoms with Crippen LogP contribution in [0.5, 0.6) is 0 Å². The molecule has 27 heavy (non-hydrogen) atoms. The summed E-state index contributed by atoms with van der Waals surface area (Å²) in [5, 5.41) is 13.6. The molecule has 1 amide bonds. The first-order valence-corrected chi connectivity index (χ1v) is 9.51. The third-order valence-electron chi connectivity index (χ3n) is 4.72. The molecule has 3 aromatic rings. The number of amides is 1. The third-order valence-corrected chi connectivity index (χ3v) is 5.73. The van der Waals surface area contributed by atoms with Crippen molar-refractivity contribution in [2.45, 2.75) is 12.8 Å². The highest BCUT2D eigenvalue weighted by molar-refractivity contribution is 7.13. The average Bonchev–Trinajstić information content (AvgIpc) is 3.35. The second kappa shape index (κ2) is 8.21. The molecule has 1 aliphatic heterocycles. The van der Waals surface area contributed by atoms with E-state index < -0.39 is 0 Å². The summed E-state index contributed by atoms with van der Waals surface area (Å²) in [6.07, 6.45) is 3.84. The molecule has 0 bridgehead atoms. The summed E-state index contributed by atoms with van der Waals surface area (Å²) in [4.78, 5) is 17.3. The fourth-order valence-electron chi connectivity index (χ4n) is 3.35. The van der Waals surface area contributed by atoms with Gasteiger partial charge >= 0.3 is 0 Å². The minimum atomic E-state index is -0.0968. The molecule has 1 saturated heterocycles. The number of carbonyl (C=O) groups is 1. The Morgan fingerprint density at radius 3 is 2.70 bits per heavy atom. The monoisotopic (exact) mass is 403 g/mol. The Hall–Kier alpha value is -2.22. The van der Waals surface area contributed by atoms with Crippen LogP contribution < -0.4 is 10.6 Å². The van der Waals surface area contributed by atoms with Gasteiger partial charge in [-0.3, -0.25) is 9.48 Å². The van der Waals surface area contributed by atoms with Crippen LogP contribution in [0.3, 0.4) is 0 Å². The van der Waals surface area contributed by atoms with Gasteiger partial charge in [0.05, 0.1) is 12.1 Å². The Bertz CT molecular complexity index is 920. The summed E-state index contributed by atoms with van der Waals surface area (Å²) in [5.41, 5.74) is 4.01. The first kappa shape index (κ1) is 19.5. The molecule has 1 aliphatic rings. The van der Waals surface area contributed by atoms with Crippen LogP contribution in [-0.2, 0) is 11.8 Å². The minimum absolute atomic E-state index is 0. The van der Waals surface area contributed by atoms with Gasteiger partial charge in [0.25, 0.3) is 0 Å². The van der Waals surface area contributed by atoms with E-state index in [9.17, 15) is 4.79 Å². The minimum Gasteiger partial charge on any atom is -0.326 e. The van der Waals surface area contributed by atoms with Crippen molar-refractivity contribution in [3.05, 3.63) is 53.3 Å². The summed E-state index contributed by atoms with van der Waals surface area (Å²) >= 11 is 1.63. The molecule has 2 N–H and O–H groups in total. The van der Waals surface area contributed by atoms with Gasteiger partial charge in [-0.1, -0.05) is 0 Å². The molecule has 0 unspecified atom stereocenters. The first-order chi connectivity index (χ1) is 12.6. The number of aryl methyl sites for hydroxylation is 2. The van der Waals surface area contributed by atoms with E-state index in [2.05, 4.69) is 20.7 Å². The summed E-state index contributed by atoms with van der Waals surface area (Å²) in [6.45, 7) is 3.47. The van der Waals surface area contributed by atoms with E-state index in [1.165, 1.54) is 0 Å². The highest BCUT2D eigenvalue weighted by Gasteiger charge is 2.34. The fraction of sp³-hybridized carbons (Fsp3) is 0.316. The Kier molecular flexibility index (Phi) is 5.94. The van der Waals surface area contributed by atoms with Crippen molar-refractivity contribution >= 4 is 35.3 Å². The molecule has 1 aromatic carbocycles. The normalized spacial score (nSPS) is 18.9. The van der Waals surface area contributed by atoms with Crippen molar-refractivity contribution in [1.29, 1.82) is 0 Å². The number of anilines is 1. The van der Waals surface area contributed by atoms with Gasteiger partial charge < -0.3 is 10.6 Å². The maximum absolute atomic E-state index is 12.8. The van der Waals surface area contributed by atoms with E-state index in [0.29, 0.717) is 6.54 Å². The SMILES string of the molecule is Cc1csc(-c2ccc(NC(=O)[C@H]3CNC[C@@H]3c3cnn(C)c3)cc2)n1.Cl. The van der Waals surface area contributed by atoms with Gasteiger partial charge in [0.15, 0.2) is 0 Å². The molecule has 0 spiro atoms. The molecule has 2 aromatic heterocycles. The first-order valence-electron chi connectivity index (χ1n) is 8.63. The van der Waals surface area contributed by atoms with Crippen LogP contribution in [0.2, 0.25) is 0 Å². The number of hydrogen-bond acceptors (Lipinski definition) is 5. The molecular formula is C19H22ClN5OS. The predicted molar refractivity (Wildman–Crippen MR) is 110 cm³/mol. The molecule has 8 heteroatoms. The Morgan fingerprint density at radius 1 is 1.30 bits per heavy atom. The molecule has 2 atom stereocenters. The number of aromatic nitrogens is 3. The van der Waals surface area contributed by atoms with Gasteiger partial charge in [0.1, 0.15) is 5.01 Å². The third kappa shape index (κ3) is 4.21. The maximum atomic E-state index is 12.8. The van der Waals surface area contributed by atoms with Crippen LogP contribution in [0.25, 0.3) is 10.6 Å². The van der Waals surface area contributed by atoms with Crippen molar-refractivity contribution in [2.24, 2.45) is 13.0 Å². The maximum Gasteiger partial charge on any atom is 0.229 e. The van der Waals surface area contributed by atoms with Crippen LogP contribution in [0.15, 0.2) is 42.0 Å². The quantitative estimate of drug-likeness (QED) is 0.701. The smallest absolute Gasteiger partial charge is 0.229 e. The van der Waals surface area contributed by atoms with Crippen LogP contribution in [0.1, 0.15) is 17.2 Å². The van der Waals surface area contributed by atoms with Gasteiger partial charge in [-0.25, -0.2) is 4.98 Å². The standard InChI is InChI=1S/C19H21N5OS.ClH/c1-12-11-26-19(22-12)13-3-5-15(6-4-13)23-18(25)17-9-20-8-16(17)14-7-21-24(2)10-14;/h3-7,10-11,16-17,20H,8-9H2,1-2H3,(H,23,25);1H/t16-,17+;/m1./s1. The molecule has 0 radical (unpaired) electrons. The van der Waals surface area contributed by atoms with Crippen LogP contribution in [-0.4, -0.2) is 33.8 Å². The number of benzene rings is 1. The van der Waals surface area contributed by atoms with Gasteiger partial charge in [-0.2, -0.15) is 5.10 Å². The van der Waals surface area contributed by atoms with Crippen LogP contribution >= 0.6 is 23.7 Å². The lowest BCUT2D eigenvalue weighted by molar-refractivity contribution is -0.119. The van der Waals surface area contributed by atoms with Gasteiger partial charge in [0.2, 0.25) is 5.91 Å². The van der Waals surface area contributed by atoms with Crippen molar-refractivity contribution in [2.75, 3.05) is 18.4 Å². The fourth-order valence-corrected chi connectivity index (χ4v) is 4.16. The van der Waals surface area contributed by atoms with E-state index in [0.717, 1.165) is 34.1 Å². The Morgan fingerprint density at radius 2 is 2.07 bits per heavy atom. The average molecular weight is 404 g/mol. The van der Waals surface area contributed by atoms with Gasteiger partial charge in [-0.05, 0) is 36.8 Å². The van der Waals surface area contributed by atoms with Crippen LogP contribution in [0, 0.1) is 12.8 Å². The highest BCUT2D eigenvalue weighted by Crippen LogP contribution is 2.29. The summed E-state index contributed by atoms with van der Waals surface area (Å²) in [7, 11) is 1.90. The van der Waals surface area contributed by atoms with E-state index in [1.54, 1.807) is 16.0 Å². The Balaban J connectivity index is 0.00000210. The predicted octanol–water partition coefficient (Wildman–Crippen LogP) is 3.22. The van der Waals surface area contributed by atoms with E-state index >= 15 is 0 Å². The number of halogens is 1. The van der Waals surface area contributed by atoms with Crippen molar-refractivity contribution in [3.63, 3.8) is 0 Å². The molecule has 1 fully saturated rings. The van der Waals surface area contributed by atoms with Gasteiger partial charge in [0, 0.05) is 54.6 Å². The molecule has 0 aliphatic carbocycles. The summed E-state index contributed by atoms with van der Waals surface area (Å²) in [6, 6.07) is 7.87. The van der Waals surface area contributed by atoms with Crippen molar-refractivity contribution in [3.8, 4) is 10.6 Å². The summed E-state index contributed by atoms with van der Waals surface area (Å²) < 4.78 is 1.78.